The Hall–Kier alpha value is -1.66. The summed E-state index contributed by atoms with van der Waals surface area (Å²) in [6.45, 7) is 3.64. The molecule has 6 nitrogen and oxygen atoms in total. The van der Waals surface area contributed by atoms with Gasteiger partial charge in [-0.05, 0) is 25.0 Å². The lowest BCUT2D eigenvalue weighted by Crippen LogP contribution is -2.97. The molecule has 6 fully saturated rings. The van der Waals surface area contributed by atoms with E-state index < -0.39 is 11.2 Å². The molecule has 6 heteroatoms. The lowest BCUT2D eigenvalue weighted by molar-refractivity contribution is -0.459. The van der Waals surface area contributed by atoms with Crippen molar-refractivity contribution in [2.45, 2.75) is 49.5 Å². The van der Waals surface area contributed by atoms with E-state index in [9.17, 15) is 9.59 Å². The molecule has 0 amide bonds. The molecule has 8 aliphatic rings. The number of esters is 2. The Morgan fingerprint density at radius 2 is 1.18 bits per heavy atom. The van der Waals surface area contributed by atoms with Crippen LogP contribution in [0.1, 0.15) is 13.8 Å². The maximum Gasteiger partial charge on any atom is 0.334 e. The van der Waals surface area contributed by atoms with Crippen LogP contribution in [-0.2, 0) is 28.5 Å². The van der Waals surface area contributed by atoms with Crippen LogP contribution in [-0.4, -0.2) is 47.6 Å². The zero-order chi connectivity index (χ0) is 14.8. The molecule has 8 unspecified atom stereocenters. The Labute approximate surface area is 125 Å². The third-order valence-electron chi connectivity index (χ3n) is 7.05. The van der Waals surface area contributed by atoms with Gasteiger partial charge in [-0.1, -0.05) is 0 Å². The Kier molecular flexibility index (Phi) is 1.28. The van der Waals surface area contributed by atoms with Crippen LogP contribution in [0.3, 0.4) is 0 Å². The monoisotopic (exact) mass is 300 g/mol. The number of ether oxygens (including phenoxy) is 4. The summed E-state index contributed by atoms with van der Waals surface area (Å²) in [5, 5.41) is 0. The third-order valence-corrected chi connectivity index (χ3v) is 7.05. The van der Waals surface area contributed by atoms with Gasteiger partial charge in [0, 0.05) is 23.0 Å². The highest BCUT2D eigenvalue weighted by molar-refractivity contribution is 5.99. The molecule has 2 spiro atoms. The second-order valence-electron chi connectivity index (χ2n) is 7.42. The van der Waals surface area contributed by atoms with Crippen molar-refractivity contribution in [1.82, 2.24) is 0 Å². The minimum Gasteiger partial charge on any atom is -0.443 e. The van der Waals surface area contributed by atoms with Gasteiger partial charge in [0.2, 0.25) is 11.2 Å². The van der Waals surface area contributed by atoms with E-state index in [1.54, 1.807) is 0 Å². The summed E-state index contributed by atoms with van der Waals surface area (Å²) < 4.78 is 24.0. The first kappa shape index (κ1) is 11.0. The zero-order valence-electron chi connectivity index (χ0n) is 11.9. The van der Waals surface area contributed by atoms with E-state index in [-0.39, 0.29) is 48.2 Å². The summed E-state index contributed by atoms with van der Waals surface area (Å²) in [5.74, 6) is -0.455. The van der Waals surface area contributed by atoms with Crippen LogP contribution >= 0.6 is 0 Å². The SMILES string of the molecule is CC1=C2C3C4OC5C6OC4C3C3=C(C)C(=O)OC36C25OC1=O. The van der Waals surface area contributed by atoms with Crippen LogP contribution in [0.5, 0.6) is 0 Å². The van der Waals surface area contributed by atoms with Crippen molar-refractivity contribution in [3.05, 3.63) is 22.3 Å². The Bertz CT molecular complexity index is 754. The molecular weight excluding hydrogens is 288 g/mol. The van der Waals surface area contributed by atoms with Gasteiger partial charge in [-0.2, -0.15) is 0 Å². The molecule has 5 aliphatic heterocycles. The second kappa shape index (κ2) is 2.57. The van der Waals surface area contributed by atoms with Crippen LogP contribution in [0.15, 0.2) is 22.3 Å². The van der Waals surface area contributed by atoms with E-state index in [0.29, 0.717) is 11.1 Å². The van der Waals surface area contributed by atoms with Crippen molar-refractivity contribution in [2.24, 2.45) is 11.8 Å². The highest BCUT2D eigenvalue weighted by Gasteiger charge is 2.96. The van der Waals surface area contributed by atoms with Gasteiger partial charge in [-0.25, -0.2) is 9.59 Å². The molecule has 22 heavy (non-hydrogen) atoms. The van der Waals surface area contributed by atoms with E-state index in [2.05, 4.69) is 0 Å². The first-order valence-corrected chi connectivity index (χ1v) is 7.74. The van der Waals surface area contributed by atoms with E-state index in [1.165, 1.54) is 0 Å². The van der Waals surface area contributed by atoms with Crippen molar-refractivity contribution in [3.8, 4) is 0 Å². The van der Waals surface area contributed by atoms with Gasteiger partial charge in [0.05, 0.1) is 12.2 Å². The minimum atomic E-state index is -0.968. The number of rotatable bonds is 0. The molecule has 3 saturated heterocycles. The van der Waals surface area contributed by atoms with Crippen LogP contribution in [0.25, 0.3) is 0 Å². The normalized spacial score (nSPS) is 60.8. The third kappa shape index (κ3) is 0.633. The van der Waals surface area contributed by atoms with E-state index in [4.69, 9.17) is 18.9 Å². The summed E-state index contributed by atoms with van der Waals surface area (Å²) in [6, 6.07) is 0. The largest absolute Gasteiger partial charge is 0.443 e. The number of hydrogen-bond donors (Lipinski definition) is 0. The van der Waals surface area contributed by atoms with Gasteiger partial charge in [-0.15, -0.1) is 0 Å². The average molecular weight is 300 g/mol. The van der Waals surface area contributed by atoms with Crippen molar-refractivity contribution >= 4 is 11.9 Å². The molecule has 3 aliphatic carbocycles. The molecule has 8 atom stereocenters. The smallest absolute Gasteiger partial charge is 0.334 e. The fourth-order valence-electron chi connectivity index (χ4n) is 6.41. The lowest BCUT2D eigenvalue weighted by atomic mass is 9.36. The minimum absolute atomic E-state index is 0.0203. The number of hydrogen-bond acceptors (Lipinski definition) is 6. The lowest BCUT2D eigenvalue weighted by Gasteiger charge is -2.80. The van der Waals surface area contributed by atoms with E-state index in [1.807, 2.05) is 13.8 Å². The van der Waals surface area contributed by atoms with Crippen molar-refractivity contribution in [2.75, 3.05) is 0 Å². The summed E-state index contributed by atoms with van der Waals surface area (Å²) >= 11 is 0. The fraction of sp³-hybridized carbons (Fsp3) is 0.625. The highest BCUT2D eigenvalue weighted by Crippen LogP contribution is 2.80. The van der Waals surface area contributed by atoms with Gasteiger partial charge in [0.1, 0.15) is 12.2 Å². The predicted octanol–water partition coefficient (Wildman–Crippen LogP) is 0.0186. The molecule has 5 heterocycles. The summed E-state index contributed by atoms with van der Waals surface area (Å²) in [6.07, 6.45) is -0.742. The van der Waals surface area contributed by atoms with Gasteiger partial charge < -0.3 is 18.9 Å². The van der Waals surface area contributed by atoms with E-state index in [0.717, 1.165) is 11.1 Å². The zero-order valence-corrected chi connectivity index (χ0v) is 11.9. The van der Waals surface area contributed by atoms with Crippen LogP contribution in [0.4, 0.5) is 0 Å². The van der Waals surface area contributed by atoms with Gasteiger partial charge in [-0.3, -0.25) is 0 Å². The highest BCUT2D eigenvalue weighted by atomic mass is 16.7. The molecule has 0 aromatic carbocycles. The van der Waals surface area contributed by atoms with Gasteiger partial charge in [0.25, 0.3) is 0 Å². The van der Waals surface area contributed by atoms with Crippen LogP contribution in [0, 0.1) is 11.8 Å². The van der Waals surface area contributed by atoms with Crippen LogP contribution < -0.4 is 0 Å². The van der Waals surface area contributed by atoms with Crippen molar-refractivity contribution in [3.63, 3.8) is 0 Å². The molecule has 0 radical (unpaired) electrons. The maximum atomic E-state index is 12.3. The first-order valence-electron chi connectivity index (χ1n) is 7.74. The average Bonchev–Trinajstić information content (AvgIpc) is 2.88. The second-order valence-corrected chi connectivity index (χ2v) is 7.42. The molecule has 8 bridgehead atoms. The molecule has 3 saturated carbocycles. The van der Waals surface area contributed by atoms with Crippen LogP contribution in [0.2, 0.25) is 0 Å². The summed E-state index contributed by atoms with van der Waals surface area (Å²) in [5.41, 5.74) is 1.45. The summed E-state index contributed by atoms with van der Waals surface area (Å²) in [7, 11) is 0. The van der Waals surface area contributed by atoms with E-state index >= 15 is 0 Å². The fourth-order valence-corrected chi connectivity index (χ4v) is 6.41. The summed E-state index contributed by atoms with van der Waals surface area (Å²) in [4.78, 5) is 24.6. The maximum absolute atomic E-state index is 12.3. The first-order chi connectivity index (χ1) is 10.5. The Morgan fingerprint density at radius 1 is 0.773 bits per heavy atom. The molecular formula is C16H12O6. The molecule has 0 aromatic heterocycles. The molecule has 8 rings (SSSR count). The van der Waals surface area contributed by atoms with Crippen molar-refractivity contribution in [1.29, 1.82) is 0 Å². The van der Waals surface area contributed by atoms with Gasteiger partial charge in [0.15, 0.2) is 0 Å². The molecule has 112 valence electrons. The quantitative estimate of drug-likeness (QED) is 0.587. The molecule has 0 aromatic rings. The number of carbonyl (C=O) groups is 2. The van der Waals surface area contributed by atoms with Gasteiger partial charge >= 0.3 is 11.9 Å². The number of carbonyl (C=O) groups excluding carboxylic acids is 2. The Morgan fingerprint density at radius 3 is 1.59 bits per heavy atom. The predicted molar refractivity (Wildman–Crippen MR) is 67.3 cm³/mol. The standard InChI is InChI=1S/C16H12O6/c1-3-7-5-6-8-4(2)14(18)22-16(8)12-11(15(7,16)21-13(3)17)19-9(5)10(6)20-12/h5-6,9-12H,1-2H3. The topological polar surface area (TPSA) is 71.1 Å². The van der Waals surface area contributed by atoms with Crippen molar-refractivity contribution < 1.29 is 28.5 Å². The Balaban J connectivity index is 1.65. The molecule has 0 N–H and O–H groups in total.